The van der Waals surface area contributed by atoms with E-state index in [0.29, 0.717) is 23.9 Å². The van der Waals surface area contributed by atoms with E-state index in [4.69, 9.17) is 0 Å². The summed E-state index contributed by atoms with van der Waals surface area (Å²) >= 11 is 0. The van der Waals surface area contributed by atoms with E-state index in [2.05, 4.69) is 57.0 Å². The van der Waals surface area contributed by atoms with Crippen molar-refractivity contribution in [3.63, 3.8) is 0 Å². The zero-order chi connectivity index (χ0) is 22.6. The minimum atomic E-state index is -0.113. The Bertz CT molecular complexity index is 918. The molecule has 1 aromatic heterocycles. The third-order valence-electron chi connectivity index (χ3n) is 4.87. The highest BCUT2D eigenvalue weighted by Crippen LogP contribution is 2.25. The van der Waals surface area contributed by atoms with Gasteiger partial charge in [-0.25, -0.2) is 0 Å². The Kier molecular flexibility index (Phi) is 6.94. The largest absolute Gasteiger partial charge is 0.350 e. The fourth-order valence-electron chi connectivity index (χ4n) is 3.56. The highest BCUT2D eigenvalue weighted by molar-refractivity contribution is 5.89. The number of aromatic nitrogens is 3. The van der Waals surface area contributed by atoms with Crippen molar-refractivity contribution >= 4 is 35.1 Å². The maximum Gasteiger partial charge on any atom is 0.233 e. The van der Waals surface area contributed by atoms with Crippen molar-refractivity contribution in [2.45, 2.75) is 47.1 Å². The molecule has 1 aliphatic rings. The first-order valence-electron chi connectivity index (χ1n) is 10.7. The lowest BCUT2D eigenvalue weighted by atomic mass is 9.96. The van der Waals surface area contributed by atoms with Gasteiger partial charge in [0.1, 0.15) is 0 Å². The lowest BCUT2D eigenvalue weighted by molar-refractivity contribution is -0.114. The quantitative estimate of drug-likeness (QED) is 0.535. The molecule has 3 rings (SSSR count). The van der Waals surface area contributed by atoms with E-state index in [0.717, 1.165) is 43.0 Å². The molecule has 0 saturated carbocycles. The minimum Gasteiger partial charge on any atom is -0.350 e. The summed E-state index contributed by atoms with van der Waals surface area (Å²) in [5.74, 6) is 1.51. The van der Waals surface area contributed by atoms with Crippen LogP contribution in [0.2, 0.25) is 0 Å². The second-order valence-electron chi connectivity index (χ2n) is 9.37. The van der Waals surface area contributed by atoms with Crippen LogP contribution in [-0.4, -0.2) is 53.6 Å². The van der Waals surface area contributed by atoms with Crippen LogP contribution in [0.3, 0.4) is 0 Å². The van der Waals surface area contributed by atoms with E-state index >= 15 is 0 Å². The first-order chi connectivity index (χ1) is 14.6. The zero-order valence-electron chi connectivity index (χ0n) is 19.3. The normalized spacial score (nSPS) is 16.1. The average Bonchev–Trinajstić information content (AvgIpc) is 3.15. The Hall–Kier alpha value is -2.94. The number of anilines is 5. The molecule has 0 bridgehead atoms. The van der Waals surface area contributed by atoms with Gasteiger partial charge < -0.3 is 26.2 Å². The summed E-state index contributed by atoms with van der Waals surface area (Å²) < 4.78 is 0. The molecule has 0 aliphatic carbocycles. The van der Waals surface area contributed by atoms with Crippen LogP contribution in [0, 0.1) is 12.3 Å². The molecule has 2 aromatic rings. The number of nitrogens with one attached hydrogen (secondary N) is 4. The van der Waals surface area contributed by atoms with Crippen LogP contribution in [0.15, 0.2) is 18.2 Å². The molecule has 1 amide bonds. The smallest absolute Gasteiger partial charge is 0.233 e. The summed E-state index contributed by atoms with van der Waals surface area (Å²) in [6.45, 7) is 12.7. The Labute approximate surface area is 184 Å². The number of hydrogen-bond donors (Lipinski definition) is 4. The Morgan fingerprint density at radius 3 is 2.61 bits per heavy atom. The fourth-order valence-corrected chi connectivity index (χ4v) is 3.56. The van der Waals surface area contributed by atoms with E-state index in [1.807, 2.05) is 37.1 Å². The van der Waals surface area contributed by atoms with Crippen LogP contribution in [0.4, 0.5) is 29.2 Å². The van der Waals surface area contributed by atoms with Gasteiger partial charge in [-0.05, 0) is 43.0 Å². The van der Waals surface area contributed by atoms with Crippen molar-refractivity contribution in [1.29, 1.82) is 0 Å². The molecule has 4 N–H and O–H groups in total. The summed E-state index contributed by atoms with van der Waals surface area (Å²) in [5.41, 5.74) is 2.67. The van der Waals surface area contributed by atoms with Gasteiger partial charge in [-0.2, -0.15) is 15.0 Å². The van der Waals surface area contributed by atoms with Crippen LogP contribution >= 0.6 is 0 Å². The summed E-state index contributed by atoms with van der Waals surface area (Å²) in [6.07, 6.45) is 1.03. The van der Waals surface area contributed by atoms with Crippen molar-refractivity contribution in [3.8, 4) is 0 Å². The monoisotopic (exact) mass is 426 g/mol. The number of hydrogen-bond acceptors (Lipinski definition) is 8. The summed E-state index contributed by atoms with van der Waals surface area (Å²) in [6, 6.07) is 6.00. The fraction of sp³-hybridized carbons (Fsp3) is 0.545. The molecule has 1 atom stereocenters. The molecule has 0 unspecified atom stereocenters. The number of aryl methyl sites for hydroxylation is 1. The molecule has 31 heavy (non-hydrogen) atoms. The Morgan fingerprint density at radius 1 is 1.23 bits per heavy atom. The molecule has 1 fully saturated rings. The van der Waals surface area contributed by atoms with Crippen molar-refractivity contribution in [3.05, 3.63) is 23.8 Å². The summed E-state index contributed by atoms with van der Waals surface area (Å²) in [7, 11) is 1.99. The molecular formula is C22H34N8O. The molecule has 0 radical (unpaired) electrons. The van der Waals surface area contributed by atoms with Gasteiger partial charge in [0, 0.05) is 44.5 Å². The molecule has 168 valence electrons. The first-order valence-corrected chi connectivity index (χ1v) is 10.7. The van der Waals surface area contributed by atoms with Gasteiger partial charge in [-0.3, -0.25) is 4.79 Å². The molecular weight excluding hydrogens is 392 g/mol. The molecule has 0 spiro atoms. The van der Waals surface area contributed by atoms with Crippen molar-refractivity contribution in [2.24, 2.45) is 5.41 Å². The standard InChI is InChI=1S/C22H34N8O/c1-14-7-8-16(24-15(2)31)11-18(14)26-20-27-19(25-17-9-10-23-12-17)28-21(29-20)30(6)13-22(3,4)5/h7-8,11,17,23H,9-10,12-13H2,1-6H3,(H,24,31)(H2,25,26,27,28,29)/t17-/m0/s1. The predicted molar refractivity (Wildman–Crippen MR) is 126 cm³/mol. The van der Waals surface area contributed by atoms with Crippen LogP contribution in [-0.2, 0) is 4.79 Å². The van der Waals surface area contributed by atoms with E-state index in [1.54, 1.807) is 0 Å². The number of carbonyl (C=O) groups excluding carboxylic acids is 1. The van der Waals surface area contributed by atoms with Crippen molar-refractivity contribution in [1.82, 2.24) is 20.3 Å². The topological polar surface area (TPSA) is 107 Å². The second-order valence-corrected chi connectivity index (χ2v) is 9.37. The molecule has 1 saturated heterocycles. The molecule has 2 heterocycles. The first kappa shape index (κ1) is 22.7. The van der Waals surface area contributed by atoms with Gasteiger partial charge in [0.25, 0.3) is 0 Å². The van der Waals surface area contributed by atoms with Crippen LogP contribution in [0.5, 0.6) is 0 Å². The van der Waals surface area contributed by atoms with Crippen LogP contribution in [0.25, 0.3) is 0 Å². The van der Waals surface area contributed by atoms with Crippen molar-refractivity contribution in [2.75, 3.05) is 47.5 Å². The number of benzene rings is 1. The third-order valence-corrected chi connectivity index (χ3v) is 4.87. The van der Waals surface area contributed by atoms with E-state index < -0.39 is 0 Å². The van der Waals surface area contributed by atoms with Gasteiger partial charge >= 0.3 is 0 Å². The zero-order valence-corrected chi connectivity index (χ0v) is 19.3. The molecule has 9 heteroatoms. The van der Waals surface area contributed by atoms with Gasteiger partial charge in [-0.15, -0.1) is 0 Å². The van der Waals surface area contributed by atoms with Crippen LogP contribution < -0.4 is 26.2 Å². The molecule has 9 nitrogen and oxygen atoms in total. The van der Waals surface area contributed by atoms with Gasteiger partial charge in [0.05, 0.1) is 0 Å². The number of rotatable bonds is 7. The average molecular weight is 427 g/mol. The van der Waals surface area contributed by atoms with Gasteiger partial charge in [0.15, 0.2) is 0 Å². The van der Waals surface area contributed by atoms with Gasteiger partial charge in [-0.1, -0.05) is 26.8 Å². The number of nitrogens with zero attached hydrogens (tertiary/aromatic N) is 4. The maximum atomic E-state index is 11.4. The predicted octanol–water partition coefficient (Wildman–Crippen LogP) is 3.14. The van der Waals surface area contributed by atoms with Gasteiger partial charge in [0.2, 0.25) is 23.8 Å². The van der Waals surface area contributed by atoms with Crippen LogP contribution in [0.1, 0.15) is 39.7 Å². The maximum absolute atomic E-state index is 11.4. The second kappa shape index (κ2) is 9.47. The Morgan fingerprint density at radius 2 is 1.97 bits per heavy atom. The van der Waals surface area contributed by atoms with E-state index in [-0.39, 0.29) is 11.3 Å². The minimum absolute atomic E-state index is 0.0984. The summed E-state index contributed by atoms with van der Waals surface area (Å²) in [5, 5.41) is 12.9. The lowest BCUT2D eigenvalue weighted by Gasteiger charge is -2.27. The number of carbonyl (C=O) groups is 1. The van der Waals surface area contributed by atoms with E-state index in [1.165, 1.54) is 6.92 Å². The summed E-state index contributed by atoms with van der Waals surface area (Å²) in [4.78, 5) is 27.4. The highest BCUT2D eigenvalue weighted by Gasteiger charge is 2.20. The lowest BCUT2D eigenvalue weighted by Crippen LogP contribution is -2.31. The van der Waals surface area contributed by atoms with E-state index in [9.17, 15) is 4.79 Å². The Balaban J connectivity index is 1.90. The molecule has 1 aromatic carbocycles. The molecule has 1 aliphatic heterocycles. The third kappa shape index (κ3) is 6.78. The van der Waals surface area contributed by atoms with Crippen molar-refractivity contribution < 1.29 is 4.79 Å². The SMILES string of the molecule is CC(=O)Nc1ccc(C)c(Nc2nc(N[C@H]3CCNC3)nc(N(C)CC(C)(C)C)n2)c1. The number of amides is 1. The highest BCUT2D eigenvalue weighted by atomic mass is 16.1.